The molecular weight excluding hydrogens is 336 g/mol. The van der Waals surface area contributed by atoms with Gasteiger partial charge in [0.2, 0.25) is 5.91 Å². The minimum absolute atomic E-state index is 0.00623. The van der Waals surface area contributed by atoms with Crippen molar-refractivity contribution >= 4 is 12.0 Å². The van der Waals surface area contributed by atoms with E-state index in [0.29, 0.717) is 19.7 Å². The van der Waals surface area contributed by atoms with Crippen molar-refractivity contribution in [3.63, 3.8) is 0 Å². The van der Waals surface area contributed by atoms with E-state index in [2.05, 4.69) is 0 Å². The number of benzene rings is 2. The van der Waals surface area contributed by atoms with E-state index in [0.717, 1.165) is 24.0 Å². The Morgan fingerprint density at radius 2 is 1.96 bits per heavy atom. The Balaban J connectivity index is 1.72. The van der Waals surface area contributed by atoms with Crippen LogP contribution in [-0.2, 0) is 16.1 Å². The molecule has 136 valence electrons. The molecule has 2 aromatic rings. The molecule has 3 nitrogen and oxygen atoms in total. The molecule has 1 amide bonds. The lowest BCUT2D eigenvalue weighted by Crippen LogP contribution is -2.35. The summed E-state index contributed by atoms with van der Waals surface area (Å²) in [4.78, 5) is 14.3. The number of amides is 1. The number of hydrogen-bond donors (Lipinski definition) is 0. The van der Waals surface area contributed by atoms with E-state index in [-0.39, 0.29) is 23.6 Å². The first kappa shape index (κ1) is 18.3. The first-order valence-electron chi connectivity index (χ1n) is 8.69. The van der Waals surface area contributed by atoms with Gasteiger partial charge in [-0.2, -0.15) is 0 Å². The summed E-state index contributed by atoms with van der Waals surface area (Å²) in [5, 5.41) is 0. The van der Waals surface area contributed by atoms with Gasteiger partial charge in [0.1, 0.15) is 11.6 Å². The Morgan fingerprint density at radius 1 is 1.15 bits per heavy atom. The van der Waals surface area contributed by atoms with Crippen LogP contribution in [0.3, 0.4) is 0 Å². The fraction of sp³-hybridized carbons (Fsp3) is 0.286. The molecule has 1 aliphatic heterocycles. The number of ether oxygens (including phenoxy) is 1. The molecule has 26 heavy (non-hydrogen) atoms. The molecule has 1 saturated heterocycles. The Morgan fingerprint density at radius 3 is 2.65 bits per heavy atom. The maximum Gasteiger partial charge on any atom is 0.246 e. The topological polar surface area (TPSA) is 29.5 Å². The average Bonchev–Trinajstić information content (AvgIpc) is 3.13. The van der Waals surface area contributed by atoms with Crippen LogP contribution in [0.1, 0.15) is 24.0 Å². The quantitative estimate of drug-likeness (QED) is 0.726. The van der Waals surface area contributed by atoms with E-state index in [4.69, 9.17) is 4.74 Å². The predicted octanol–water partition coefficient (Wildman–Crippen LogP) is 4.19. The van der Waals surface area contributed by atoms with E-state index in [1.54, 1.807) is 35.2 Å². The summed E-state index contributed by atoms with van der Waals surface area (Å²) < 4.78 is 32.1. The smallest absolute Gasteiger partial charge is 0.246 e. The summed E-state index contributed by atoms with van der Waals surface area (Å²) in [6.45, 7) is 1.48. The van der Waals surface area contributed by atoms with Crippen LogP contribution in [0.25, 0.3) is 6.08 Å². The molecule has 1 atom stereocenters. The van der Waals surface area contributed by atoms with Crippen LogP contribution < -0.4 is 0 Å². The summed E-state index contributed by atoms with van der Waals surface area (Å²) in [6.07, 6.45) is 5.01. The van der Waals surface area contributed by atoms with E-state index in [1.807, 2.05) is 0 Å². The highest BCUT2D eigenvalue weighted by molar-refractivity contribution is 5.91. The van der Waals surface area contributed by atoms with Crippen LogP contribution in [-0.4, -0.2) is 30.1 Å². The lowest BCUT2D eigenvalue weighted by molar-refractivity contribution is -0.128. The summed E-state index contributed by atoms with van der Waals surface area (Å²) in [6, 6.07) is 12.1. The van der Waals surface area contributed by atoms with Gasteiger partial charge in [0, 0.05) is 25.8 Å². The molecule has 3 rings (SSSR count). The van der Waals surface area contributed by atoms with Crippen molar-refractivity contribution in [3.05, 3.63) is 77.4 Å². The minimum Gasteiger partial charge on any atom is -0.376 e. The van der Waals surface area contributed by atoms with Gasteiger partial charge in [0.05, 0.1) is 6.10 Å². The van der Waals surface area contributed by atoms with Gasteiger partial charge in [-0.25, -0.2) is 8.78 Å². The molecule has 5 heteroatoms. The van der Waals surface area contributed by atoms with Crippen molar-refractivity contribution in [1.82, 2.24) is 4.90 Å². The van der Waals surface area contributed by atoms with Gasteiger partial charge in [-0.05, 0) is 54.3 Å². The van der Waals surface area contributed by atoms with Crippen LogP contribution >= 0.6 is 0 Å². The zero-order valence-electron chi connectivity index (χ0n) is 14.4. The minimum atomic E-state index is -0.325. The van der Waals surface area contributed by atoms with Crippen LogP contribution in [0.2, 0.25) is 0 Å². The lowest BCUT2D eigenvalue weighted by atomic mass is 10.1. The van der Waals surface area contributed by atoms with Gasteiger partial charge in [-0.15, -0.1) is 0 Å². The van der Waals surface area contributed by atoms with Crippen molar-refractivity contribution in [2.45, 2.75) is 25.5 Å². The van der Waals surface area contributed by atoms with Gasteiger partial charge in [0.25, 0.3) is 0 Å². The molecule has 0 spiro atoms. The van der Waals surface area contributed by atoms with Crippen LogP contribution in [0.4, 0.5) is 8.78 Å². The lowest BCUT2D eigenvalue weighted by Gasteiger charge is -2.24. The Kier molecular flexibility index (Phi) is 6.12. The molecule has 1 heterocycles. The van der Waals surface area contributed by atoms with Crippen LogP contribution in [0.15, 0.2) is 54.6 Å². The van der Waals surface area contributed by atoms with E-state index in [1.165, 1.54) is 30.3 Å². The molecule has 0 unspecified atom stereocenters. The molecule has 0 bridgehead atoms. The molecule has 2 aromatic carbocycles. The molecule has 1 aliphatic rings. The summed E-state index contributed by atoms with van der Waals surface area (Å²) in [5.41, 5.74) is 1.47. The van der Waals surface area contributed by atoms with Gasteiger partial charge < -0.3 is 9.64 Å². The highest BCUT2D eigenvalue weighted by Crippen LogP contribution is 2.16. The number of carbonyl (C=O) groups excluding carboxylic acids is 1. The highest BCUT2D eigenvalue weighted by atomic mass is 19.1. The van der Waals surface area contributed by atoms with Gasteiger partial charge in [-0.1, -0.05) is 24.3 Å². The summed E-state index contributed by atoms with van der Waals surface area (Å²) in [7, 11) is 0. The highest BCUT2D eigenvalue weighted by Gasteiger charge is 2.21. The maximum absolute atomic E-state index is 13.5. The zero-order chi connectivity index (χ0) is 18.4. The van der Waals surface area contributed by atoms with E-state index >= 15 is 0 Å². The largest absolute Gasteiger partial charge is 0.376 e. The first-order chi connectivity index (χ1) is 12.6. The third-order valence-electron chi connectivity index (χ3n) is 4.31. The normalized spacial score (nSPS) is 16.9. The van der Waals surface area contributed by atoms with E-state index < -0.39 is 0 Å². The fourth-order valence-electron chi connectivity index (χ4n) is 2.97. The molecular formula is C21H21F2NO2. The second-order valence-electron chi connectivity index (χ2n) is 6.37. The Bertz CT molecular complexity index is 768. The summed E-state index contributed by atoms with van der Waals surface area (Å²) in [5.74, 6) is -0.831. The third-order valence-corrected chi connectivity index (χ3v) is 4.31. The second kappa shape index (κ2) is 8.72. The Labute approximate surface area is 151 Å². The number of halogens is 2. The number of hydrogen-bond acceptors (Lipinski definition) is 2. The summed E-state index contributed by atoms with van der Waals surface area (Å²) >= 11 is 0. The third kappa shape index (κ3) is 5.23. The molecule has 0 saturated carbocycles. The molecule has 0 aliphatic carbocycles. The molecule has 0 N–H and O–H groups in total. The van der Waals surface area contributed by atoms with Crippen molar-refractivity contribution in [2.24, 2.45) is 0 Å². The average molecular weight is 357 g/mol. The molecule has 1 fully saturated rings. The van der Waals surface area contributed by atoms with Gasteiger partial charge in [-0.3, -0.25) is 4.79 Å². The SMILES string of the molecule is O=C(/C=C/c1ccc(F)cc1)N(Cc1cccc(F)c1)C[C@@H]1CCCO1. The number of nitrogens with zero attached hydrogens (tertiary/aromatic N) is 1. The van der Waals surface area contributed by atoms with Crippen molar-refractivity contribution in [3.8, 4) is 0 Å². The zero-order valence-corrected chi connectivity index (χ0v) is 14.4. The van der Waals surface area contributed by atoms with Crippen molar-refractivity contribution in [2.75, 3.05) is 13.2 Å². The van der Waals surface area contributed by atoms with E-state index in [9.17, 15) is 13.6 Å². The molecule has 0 radical (unpaired) electrons. The number of carbonyl (C=O) groups is 1. The fourth-order valence-corrected chi connectivity index (χ4v) is 2.97. The maximum atomic E-state index is 13.5. The Hall–Kier alpha value is -2.53. The van der Waals surface area contributed by atoms with Crippen molar-refractivity contribution < 1.29 is 18.3 Å². The van der Waals surface area contributed by atoms with Crippen molar-refractivity contribution in [1.29, 1.82) is 0 Å². The van der Waals surface area contributed by atoms with Crippen LogP contribution in [0, 0.1) is 11.6 Å². The monoisotopic (exact) mass is 357 g/mol. The predicted molar refractivity (Wildman–Crippen MR) is 96.2 cm³/mol. The van der Waals surface area contributed by atoms with Gasteiger partial charge in [0.15, 0.2) is 0 Å². The molecule has 0 aromatic heterocycles. The van der Waals surface area contributed by atoms with Gasteiger partial charge >= 0.3 is 0 Å². The first-order valence-corrected chi connectivity index (χ1v) is 8.69. The standard InChI is InChI=1S/C21H21F2NO2/c22-18-9-6-16(7-10-18)8-11-21(25)24(15-20-5-2-12-26-20)14-17-3-1-4-19(23)13-17/h1,3-4,6-11,13,20H,2,5,12,14-15H2/b11-8+/t20-/m0/s1. The second-order valence-corrected chi connectivity index (χ2v) is 6.37. The number of rotatable bonds is 6. The van der Waals surface area contributed by atoms with Crippen LogP contribution in [0.5, 0.6) is 0 Å².